The highest BCUT2D eigenvalue weighted by Crippen LogP contribution is 2.36. The monoisotopic (exact) mass is 516 g/mol. The van der Waals surface area contributed by atoms with Crippen LogP contribution in [-0.2, 0) is 0 Å². The van der Waals surface area contributed by atoms with E-state index in [2.05, 4.69) is 10.3 Å². The van der Waals surface area contributed by atoms with Crippen molar-refractivity contribution >= 4 is 34.0 Å². The van der Waals surface area contributed by atoms with Gasteiger partial charge < -0.3 is 29.6 Å². The van der Waals surface area contributed by atoms with Crippen molar-refractivity contribution in [2.24, 2.45) is 0 Å². The highest BCUT2D eigenvalue weighted by molar-refractivity contribution is 6.30. The number of hydrogen-bond donors (Lipinski definition) is 3. The van der Waals surface area contributed by atoms with Crippen molar-refractivity contribution in [3.63, 3.8) is 0 Å². The maximum Gasteiger partial charge on any atom is 0.191 e. The summed E-state index contributed by atoms with van der Waals surface area (Å²) in [6.45, 7) is -0.113. The molecule has 36 heavy (non-hydrogen) atoms. The van der Waals surface area contributed by atoms with Gasteiger partial charge in [0.2, 0.25) is 0 Å². The van der Waals surface area contributed by atoms with Crippen molar-refractivity contribution in [2.45, 2.75) is 6.04 Å². The predicted molar refractivity (Wildman–Crippen MR) is 132 cm³/mol. The molecule has 4 aromatic rings. The number of aromatic amines is 1. The molecule has 0 amide bonds. The molecule has 10 heteroatoms. The SMILES string of the molecule is COc1cc(NC(C(=O)c2c[nH]c3c(F)c(F)ccc23)c2ccc(Cl)cc2OC)cc(OCCO)c1. The number of methoxy groups -OCH3 is 2. The second-order valence-electron chi connectivity index (χ2n) is 7.78. The summed E-state index contributed by atoms with van der Waals surface area (Å²) < 4.78 is 44.4. The molecule has 0 fully saturated rings. The zero-order valence-corrected chi connectivity index (χ0v) is 20.2. The number of aromatic nitrogens is 1. The van der Waals surface area contributed by atoms with E-state index in [1.54, 1.807) is 36.4 Å². The van der Waals surface area contributed by atoms with Crippen molar-refractivity contribution in [1.82, 2.24) is 4.98 Å². The van der Waals surface area contributed by atoms with E-state index < -0.39 is 23.5 Å². The highest BCUT2D eigenvalue weighted by atomic mass is 35.5. The molecule has 1 heterocycles. The van der Waals surface area contributed by atoms with Gasteiger partial charge in [-0.3, -0.25) is 4.79 Å². The fourth-order valence-corrected chi connectivity index (χ4v) is 4.05. The molecule has 188 valence electrons. The molecule has 0 radical (unpaired) electrons. The van der Waals surface area contributed by atoms with Crippen LogP contribution in [0.5, 0.6) is 17.2 Å². The number of carbonyl (C=O) groups is 1. The van der Waals surface area contributed by atoms with Crippen molar-refractivity contribution in [3.8, 4) is 17.2 Å². The van der Waals surface area contributed by atoms with Crippen LogP contribution < -0.4 is 19.5 Å². The number of hydrogen-bond acceptors (Lipinski definition) is 6. The lowest BCUT2D eigenvalue weighted by Gasteiger charge is -2.22. The van der Waals surface area contributed by atoms with E-state index in [1.807, 2.05) is 0 Å². The Kier molecular flexibility index (Phi) is 7.61. The molecule has 3 aromatic carbocycles. The van der Waals surface area contributed by atoms with Crippen LogP contribution in [0.4, 0.5) is 14.5 Å². The normalized spacial score (nSPS) is 11.8. The Morgan fingerprint density at radius 1 is 1.08 bits per heavy atom. The third-order valence-corrected chi connectivity index (χ3v) is 5.80. The standard InChI is InChI=1S/C26H23ClF2N2O5/c1-34-16-10-15(11-17(12-16)36-8-7-32)31-25(19-4-3-14(27)9-22(19)35-2)26(33)20-13-30-24-18(20)5-6-21(28)23(24)29/h3-6,9-13,25,30-32H,7-8H2,1-2H3. The molecule has 7 nitrogen and oxygen atoms in total. The van der Waals surface area contributed by atoms with E-state index in [0.717, 1.165) is 6.07 Å². The average molecular weight is 517 g/mol. The van der Waals surface area contributed by atoms with Crippen molar-refractivity contribution in [2.75, 3.05) is 32.8 Å². The first-order valence-electron chi connectivity index (χ1n) is 10.9. The average Bonchev–Trinajstić information content (AvgIpc) is 3.32. The van der Waals surface area contributed by atoms with Gasteiger partial charge in [0.1, 0.15) is 29.9 Å². The number of aliphatic hydroxyl groups excluding tert-OH is 1. The summed E-state index contributed by atoms with van der Waals surface area (Å²) in [6.07, 6.45) is 1.34. The first-order valence-corrected chi connectivity index (χ1v) is 11.3. The molecule has 0 aliphatic heterocycles. The third-order valence-electron chi connectivity index (χ3n) is 5.57. The molecule has 0 spiro atoms. The van der Waals surface area contributed by atoms with Crippen molar-refractivity contribution < 1.29 is 32.9 Å². The van der Waals surface area contributed by atoms with Crippen LogP contribution in [0.25, 0.3) is 10.9 Å². The van der Waals surface area contributed by atoms with Gasteiger partial charge in [0.25, 0.3) is 0 Å². The molecular weight excluding hydrogens is 494 g/mol. The lowest BCUT2D eigenvalue weighted by atomic mass is 9.95. The van der Waals surface area contributed by atoms with Gasteiger partial charge in [-0.2, -0.15) is 0 Å². The summed E-state index contributed by atoms with van der Waals surface area (Å²) in [5.74, 6) is -1.32. The van der Waals surface area contributed by atoms with Crippen LogP contribution >= 0.6 is 11.6 Å². The number of anilines is 1. The largest absolute Gasteiger partial charge is 0.497 e. The topological polar surface area (TPSA) is 92.8 Å². The maximum atomic E-state index is 14.3. The van der Waals surface area contributed by atoms with Crippen LogP contribution in [0.2, 0.25) is 5.02 Å². The van der Waals surface area contributed by atoms with Crippen LogP contribution in [0, 0.1) is 11.6 Å². The zero-order valence-electron chi connectivity index (χ0n) is 19.4. The number of fused-ring (bicyclic) bond motifs is 1. The maximum absolute atomic E-state index is 14.3. The van der Waals surface area contributed by atoms with Crippen LogP contribution in [0.3, 0.4) is 0 Å². The van der Waals surface area contributed by atoms with Crippen LogP contribution in [0.1, 0.15) is 22.0 Å². The van der Waals surface area contributed by atoms with E-state index >= 15 is 0 Å². The Morgan fingerprint density at radius 3 is 2.58 bits per heavy atom. The van der Waals surface area contributed by atoms with Gasteiger partial charge in [-0.05, 0) is 24.3 Å². The number of ketones is 1. The Balaban J connectivity index is 1.82. The fraction of sp³-hybridized carbons (Fsp3) is 0.192. The predicted octanol–water partition coefficient (Wildman–Crippen LogP) is 5.52. The molecule has 3 N–H and O–H groups in total. The van der Waals surface area contributed by atoms with Gasteiger partial charge in [0.05, 0.1) is 26.3 Å². The van der Waals surface area contributed by atoms with Crippen molar-refractivity contribution in [3.05, 3.63) is 82.5 Å². The fourth-order valence-electron chi connectivity index (χ4n) is 3.89. The first kappa shape index (κ1) is 25.3. The Bertz CT molecular complexity index is 1410. The molecular formula is C26H23ClF2N2O5. The number of ether oxygens (including phenoxy) is 3. The quantitative estimate of drug-likeness (QED) is 0.240. The molecule has 1 aromatic heterocycles. The lowest BCUT2D eigenvalue weighted by molar-refractivity contribution is 0.0970. The lowest BCUT2D eigenvalue weighted by Crippen LogP contribution is -2.22. The molecule has 0 bridgehead atoms. The molecule has 1 unspecified atom stereocenters. The van der Waals surface area contributed by atoms with E-state index in [0.29, 0.717) is 33.5 Å². The van der Waals surface area contributed by atoms with Crippen LogP contribution in [-0.4, -0.2) is 43.3 Å². The van der Waals surface area contributed by atoms with Gasteiger partial charge >= 0.3 is 0 Å². The van der Waals surface area contributed by atoms with Gasteiger partial charge in [-0.25, -0.2) is 8.78 Å². The Morgan fingerprint density at radius 2 is 1.86 bits per heavy atom. The number of benzene rings is 3. The molecule has 4 rings (SSSR count). The highest BCUT2D eigenvalue weighted by Gasteiger charge is 2.28. The minimum atomic E-state index is -1.07. The Labute approximate surface area is 210 Å². The number of aliphatic hydroxyl groups is 1. The minimum absolute atomic E-state index is 0.0669. The summed E-state index contributed by atoms with van der Waals surface area (Å²) in [6, 6.07) is 11.1. The summed E-state index contributed by atoms with van der Waals surface area (Å²) >= 11 is 6.14. The van der Waals surface area contributed by atoms with E-state index in [9.17, 15) is 13.6 Å². The van der Waals surface area contributed by atoms with Crippen LogP contribution in [0.15, 0.2) is 54.7 Å². The Hall–Kier alpha value is -3.82. The molecule has 0 aliphatic carbocycles. The number of H-pyrrole nitrogens is 1. The van der Waals surface area contributed by atoms with Gasteiger partial charge in [0, 0.05) is 51.6 Å². The van der Waals surface area contributed by atoms with E-state index in [4.69, 9.17) is 30.9 Å². The minimum Gasteiger partial charge on any atom is -0.497 e. The molecule has 1 atom stereocenters. The van der Waals surface area contributed by atoms with Gasteiger partial charge in [-0.15, -0.1) is 0 Å². The second-order valence-corrected chi connectivity index (χ2v) is 8.22. The summed E-state index contributed by atoms with van der Waals surface area (Å²) in [4.78, 5) is 16.6. The van der Waals surface area contributed by atoms with Crippen molar-refractivity contribution in [1.29, 1.82) is 0 Å². The first-order chi connectivity index (χ1) is 17.4. The summed E-state index contributed by atoms with van der Waals surface area (Å²) in [7, 11) is 2.94. The number of nitrogens with one attached hydrogen (secondary N) is 2. The van der Waals surface area contributed by atoms with Gasteiger partial charge in [0.15, 0.2) is 17.4 Å². The number of halogens is 3. The smallest absolute Gasteiger partial charge is 0.191 e. The van der Waals surface area contributed by atoms with Gasteiger partial charge in [-0.1, -0.05) is 17.7 Å². The second kappa shape index (κ2) is 10.8. The summed E-state index contributed by atoms with van der Waals surface area (Å²) in [5.41, 5.74) is 0.971. The molecule has 0 saturated heterocycles. The number of carbonyl (C=O) groups excluding carboxylic acids is 1. The molecule has 0 aliphatic rings. The third kappa shape index (κ3) is 5.07. The summed E-state index contributed by atoms with van der Waals surface area (Å²) in [5, 5.41) is 12.9. The van der Waals surface area contributed by atoms with E-state index in [-0.39, 0.29) is 29.7 Å². The number of rotatable bonds is 10. The van der Waals surface area contributed by atoms with E-state index in [1.165, 1.54) is 26.5 Å². The zero-order chi connectivity index (χ0) is 25.8. The molecule has 0 saturated carbocycles. The number of Topliss-reactive ketones (excluding diaryl/α,β-unsaturated/α-hetero) is 1.